The summed E-state index contributed by atoms with van der Waals surface area (Å²) in [5.41, 5.74) is 0.503. The van der Waals surface area contributed by atoms with Crippen LogP contribution >= 0.6 is 0 Å². The van der Waals surface area contributed by atoms with Crippen LogP contribution in [0.25, 0.3) is 0 Å². The van der Waals surface area contributed by atoms with E-state index in [-0.39, 0.29) is 11.7 Å². The largest absolute Gasteiger partial charge is 0.467 e. The summed E-state index contributed by atoms with van der Waals surface area (Å²) in [6.07, 6.45) is 1.49. The molecule has 0 aliphatic carbocycles. The highest BCUT2D eigenvalue weighted by Crippen LogP contribution is 2.33. The van der Waals surface area contributed by atoms with E-state index in [0.717, 1.165) is 6.42 Å². The van der Waals surface area contributed by atoms with Gasteiger partial charge in [0.1, 0.15) is 11.7 Å². The molecule has 0 radical (unpaired) electrons. The maximum Gasteiger partial charge on any atom is 0.328 e. The number of hydrogen-bond acceptors (Lipinski definition) is 5. The highest BCUT2D eigenvalue weighted by atomic mass is 16.6. The number of methoxy groups -OCH3 is 1. The lowest BCUT2D eigenvalue weighted by molar-refractivity contribution is -0.384. The number of benzene rings is 1. The third kappa shape index (κ3) is 2.13. The number of nitro groups is 1. The minimum absolute atomic E-state index is 0.0216. The molecule has 0 aromatic heterocycles. The van der Waals surface area contributed by atoms with Crippen LogP contribution in [0.2, 0.25) is 0 Å². The van der Waals surface area contributed by atoms with Gasteiger partial charge < -0.3 is 9.64 Å². The number of anilines is 1. The van der Waals surface area contributed by atoms with E-state index in [1.807, 2.05) is 0 Å². The zero-order valence-electron chi connectivity index (χ0n) is 10.0. The van der Waals surface area contributed by atoms with Crippen LogP contribution in [0.15, 0.2) is 24.3 Å². The number of rotatable bonds is 3. The van der Waals surface area contributed by atoms with Gasteiger partial charge in [0.05, 0.1) is 12.0 Å². The molecule has 0 amide bonds. The first-order chi connectivity index (χ1) is 8.65. The Kier molecular flexibility index (Phi) is 3.45. The number of carbonyl (C=O) groups is 1. The molecule has 1 unspecified atom stereocenters. The van der Waals surface area contributed by atoms with Gasteiger partial charge in [0.15, 0.2) is 0 Å². The molecule has 6 heteroatoms. The van der Waals surface area contributed by atoms with E-state index in [0.29, 0.717) is 18.7 Å². The van der Waals surface area contributed by atoms with E-state index >= 15 is 0 Å². The third-order valence-electron chi connectivity index (χ3n) is 3.11. The first-order valence-corrected chi connectivity index (χ1v) is 5.73. The van der Waals surface area contributed by atoms with Gasteiger partial charge in [0, 0.05) is 12.6 Å². The van der Waals surface area contributed by atoms with Crippen LogP contribution in [0.5, 0.6) is 0 Å². The second-order valence-electron chi connectivity index (χ2n) is 4.12. The summed E-state index contributed by atoms with van der Waals surface area (Å²) in [6.45, 7) is 0.630. The Hall–Kier alpha value is -2.11. The summed E-state index contributed by atoms with van der Waals surface area (Å²) in [7, 11) is 1.33. The fourth-order valence-electron chi connectivity index (χ4n) is 2.30. The van der Waals surface area contributed by atoms with Gasteiger partial charge in [0.25, 0.3) is 5.69 Å². The molecule has 1 heterocycles. The Labute approximate surface area is 104 Å². The van der Waals surface area contributed by atoms with Crippen LogP contribution < -0.4 is 4.90 Å². The van der Waals surface area contributed by atoms with Gasteiger partial charge in [0.2, 0.25) is 0 Å². The quantitative estimate of drug-likeness (QED) is 0.464. The molecule has 0 saturated carbocycles. The van der Waals surface area contributed by atoms with Gasteiger partial charge in [-0.3, -0.25) is 10.1 Å². The molecule has 0 bridgehead atoms. The van der Waals surface area contributed by atoms with Gasteiger partial charge in [-0.1, -0.05) is 12.1 Å². The van der Waals surface area contributed by atoms with Crippen LogP contribution in [0.3, 0.4) is 0 Å². The van der Waals surface area contributed by atoms with Crippen molar-refractivity contribution in [3.05, 3.63) is 34.4 Å². The Morgan fingerprint density at radius 3 is 2.89 bits per heavy atom. The van der Waals surface area contributed by atoms with Crippen LogP contribution in [0.1, 0.15) is 12.8 Å². The Morgan fingerprint density at radius 2 is 2.22 bits per heavy atom. The van der Waals surface area contributed by atoms with Crippen molar-refractivity contribution in [2.75, 3.05) is 18.6 Å². The monoisotopic (exact) mass is 250 g/mol. The van der Waals surface area contributed by atoms with Gasteiger partial charge >= 0.3 is 5.97 Å². The molecular weight excluding hydrogens is 236 g/mol. The highest BCUT2D eigenvalue weighted by Gasteiger charge is 2.34. The van der Waals surface area contributed by atoms with E-state index in [1.165, 1.54) is 13.2 Å². The topological polar surface area (TPSA) is 72.7 Å². The minimum Gasteiger partial charge on any atom is -0.467 e. The lowest BCUT2D eigenvalue weighted by Crippen LogP contribution is -2.37. The van der Waals surface area contributed by atoms with E-state index < -0.39 is 11.0 Å². The molecule has 96 valence electrons. The molecule has 2 rings (SSSR count). The summed E-state index contributed by atoms with van der Waals surface area (Å²) in [5.74, 6) is -0.342. The molecular formula is C12H14N2O4. The summed E-state index contributed by atoms with van der Waals surface area (Å²) < 4.78 is 4.74. The zero-order chi connectivity index (χ0) is 13.1. The molecule has 1 aliphatic rings. The van der Waals surface area contributed by atoms with Crippen LogP contribution in [0, 0.1) is 10.1 Å². The fourth-order valence-corrected chi connectivity index (χ4v) is 2.30. The van der Waals surface area contributed by atoms with Crippen molar-refractivity contribution in [2.24, 2.45) is 0 Å². The molecule has 0 spiro atoms. The molecule has 6 nitrogen and oxygen atoms in total. The summed E-state index contributed by atoms with van der Waals surface area (Å²) in [4.78, 5) is 24.0. The van der Waals surface area contributed by atoms with Gasteiger partial charge in [-0.05, 0) is 18.9 Å². The smallest absolute Gasteiger partial charge is 0.328 e. The summed E-state index contributed by atoms with van der Waals surface area (Å²) in [6, 6.07) is 6.04. The minimum atomic E-state index is -0.429. The molecule has 1 saturated heterocycles. The molecule has 18 heavy (non-hydrogen) atoms. The number of carbonyl (C=O) groups excluding carboxylic acids is 1. The molecule has 1 aliphatic heterocycles. The van der Waals surface area contributed by atoms with Gasteiger partial charge in [-0.15, -0.1) is 0 Å². The first-order valence-electron chi connectivity index (χ1n) is 5.73. The predicted octanol–water partition coefficient (Wildman–Crippen LogP) is 1.74. The van der Waals surface area contributed by atoms with Crippen molar-refractivity contribution in [1.82, 2.24) is 0 Å². The average molecular weight is 250 g/mol. The van der Waals surface area contributed by atoms with Crippen molar-refractivity contribution in [3.8, 4) is 0 Å². The van der Waals surface area contributed by atoms with Crippen molar-refractivity contribution >= 4 is 17.3 Å². The van der Waals surface area contributed by atoms with Crippen LogP contribution in [-0.4, -0.2) is 30.6 Å². The van der Waals surface area contributed by atoms with E-state index in [2.05, 4.69) is 0 Å². The number of hydrogen-bond donors (Lipinski definition) is 0. The van der Waals surface area contributed by atoms with Gasteiger partial charge in [-0.2, -0.15) is 0 Å². The van der Waals surface area contributed by atoms with Crippen molar-refractivity contribution in [3.63, 3.8) is 0 Å². The summed E-state index contributed by atoms with van der Waals surface area (Å²) >= 11 is 0. The van der Waals surface area contributed by atoms with Crippen molar-refractivity contribution in [1.29, 1.82) is 0 Å². The highest BCUT2D eigenvalue weighted by molar-refractivity contribution is 5.82. The molecule has 0 N–H and O–H groups in total. The Morgan fingerprint density at radius 1 is 1.50 bits per heavy atom. The van der Waals surface area contributed by atoms with Crippen molar-refractivity contribution < 1.29 is 14.5 Å². The number of nitro benzene ring substituents is 1. The Bertz CT molecular complexity index is 475. The third-order valence-corrected chi connectivity index (χ3v) is 3.11. The van der Waals surface area contributed by atoms with Crippen LogP contribution in [0.4, 0.5) is 11.4 Å². The Balaban J connectivity index is 2.36. The summed E-state index contributed by atoms with van der Waals surface area (Å²) in [5, 5.41) is 11.0. The van der Waals surface area contributed by atoms with E-state index in [4.69, 9.17) is 4.74 Å². The SMILES string of the molecule is COC(=O)C1CCCN1c1ccccc1[N+](=O)[O-]. The average Bonchev–Trinajstić information content (AvgIpc) is 2.86. The first kappa shape index (κ1) is 12.3. The number of ether oxygens (including phenoxy) is 1. The van der Waals surface area contributed by atoms with Gasteiger partial charge in [-0.25, -0.2) is 4.79 Å². The normalized spacial score (nSPS) is 18.7. The predicted molar refractivity (Wildman–Crippen MR) is 65.5 cm³/mol. The fraction of sp³-hybridized carbons (Fsp3) is 0.417. The molecule has 1 aromatic rings. The molecule has 1 fully saturated rings. The maximum atomic E-state index is 11.6. The van der Waals surface area contributed by atoms with E-state index in [1.54, 1.807) is 23.1 Å². The van der Waals surface area contributed by atoms with Crippen LogP contribution in [-0.2, 0) is 9.53 Å². The number of para-hydroxylation sites is 2. The lowest BCUT2D eigenvalue weighted by Gasteiger charge is -2.24. The van der Waals surface area contributed by atoms with Crippen molar-refractivity contribution in [2.45, 2.75) is 18.9 Å². The lowest BCUT2D eigenvalue weighted by atomic mass is 10.2. The standard InChI is InChI=1S/C12H14N2O4/c1-18-12(15)11-7-4-8-13(11)9-5-2-3-6-10(9)14(16)17/h2-3,5-6,11H,4,7-8H2,1H3. The maximum absolute atomic E-state index is 11.6. The zero-order valence-corrected chi connectivity index (χ0v) is 10.0. The second-order valence-corrected chi connectivity index (χ2v) is 4.12. The number of esters is 1. The molecule has 1 aromatic carbocycles. The second kappa shape index (κ2) is 5.03. The number of nitrogens with zero attached hydrogens (tertiary/aromatic N) is 2. The molecule has 1 atom stereocenters. The van der Waals surface area contributed by atoms with E-state index in [9.17, 15) is 14.9 Å².